The Bertz CT molecular complexity index is 501. The standard InChI is InChI=1S/C19H33N5/c1-16(20-12-8-14-23(3)4)18-10-7-11-19(22-18)17(2)21-13-9-15-24(5)6/h7,10-11H,8-9,12-15H2,1-6H3. The molecule has 0 bridgehead atoms. The van der Waals surface area contributed by atoms with Gasteiger partial charge in [-0.05, 0) is 80.1 Å². The zero-order valence-corrected chi connectivity index (χ0v) is 16.2. The number of pyridine rings is 1. The predicted octanol–water partition coefficient (Wildman–Crippen LogP) is 2.60. The van der Waals surface area contributed by atoms with Crippen molar-refractivity contribution in [2.45, 2.75) is 26.7 Å². The molecule has 0 atom stereocenters. The van der Waals surface area contributed by atoms with Crippen LogP contribution in [-0.2, 0) is 0 Å². The lowest BCUT2D eigenvalue weighted by Gasteiger charge is -2.08. The fourth-order valence-electron chi connectivity index (χ4n) is 2.27. The van der Waals surface area contributed by atoms with Crippen LogP contribution in [0.5, 0.6) is 0 Å². The maximum Gasteiger partial charge on any atom is 0.0845 e. The SMILES string of the molecule is CC(=NCCCN(C)C)c1cccc(C(C)=NCCCN(C)C)n1. The molecule has 0 aliphatic rings. The van der Waals surface area contributed by atoms with E-state index in [1.807, 2.05) is 32.0 Å². The monoisotopic (exact) mass is 331 g/mol. The Morgan fingerprint density at radius 2 is 1.25 bits per heavy atom. The third-order valence-corrected chi connectivity index (χ3v) is 3.72. The van der Waals surface area contributed by atoms with E-state index in [9.17, 15) is 0 Å². The van der Waals surface area contributed by atoms with Gasteiger partial charge in [-0.25, -0.2) is 4.98 Å². The van der Waals surface area contributed by atoms with Crippen LogP contribution in [0, 0.1) is 0 Å². The van der Waals surface area contributed by atoms with E-state index in [4.69, 9.17) is 4.98 Å². The Labute approximate surface area is 147 Å². The number of hydrogen-bond donors (Lipinski definition) is 0. The molecule has 0 N–H and O–H groups in total. The summed E-state index contributed by atoms with van der Waals surface area (Å²) in [6.45, 7) is 7.86. The number of aliphatic imine (C=N–C) groups is 2. The minimum atomic E-state index is 0.841. The molecule has 134 valence electrons. The van der Waals surface area contributed by atoms with Gasteiger partial charge >= 0.3 is 0 Å². The van der Waals surface area contributed by atoms with Crippen LogP contribution in [0.15, 0.2) is 28.2 Å². The minimum Gasteiger partial charge on any atom is -0.309 e. The zero-order valence-electron chi connectivity index (χ0n) is 16.2. The first-order chi connectivity index (χ1) is 11.4. The average molecular weight is 332 g/mol. The molecule has 1 aromatic heterocycles. The van der Waals surface area contributed by atoms with Gasteiger partial charge < -0.3 is 9.80 Å². The largest absolute Gasteiger partial charge is 0.309 e. The van der Waals surface area contributed by atoms with E-state index in [2.05, 4.69) is 48.0 Å². The summed E-state index contributed by atoms with van der Waals surface area (Å²) in [5, 5.41) is 0. The van der Waals surface area contributed by atoms with Crippen molar-refractivity contribution in [2.24, 2.45) is 9.98 Å². The molecule has 0 spiro atoms. The lowest BCUT2D eigenvalue weighted by Crippen LogP contribution is -2.14. The molecule has 5 nitrogen and oxygen atoms in total. The van der Waals surface area contributed by atoms with Crippen molar-refractivity contribution < 1.29 is 0 Å². The summed E-state index contributed by atoms with van der Waals surface area (Å²) in [5.41, 5.74) is 3.88. The Balaban J connectivity index is 2.64. The third kappa shape index (κ3) is 8.31. The van der Waals surface area contributed by atoms with Gasteiger partial charge in [0.2, 0.25) is 0 Å². The second kappa shape index (κ2) is 11.0. The summed E-state index contributed by atoms with van der Waals surface area (Å²) in [5.74, 6) is 0. The number of hydrogen-bond acceptors (Lipinski definition) is 5. The molecule has 0 aliphatic heterocycles. The fourth-order valence-corrected chi connectivity index (χ4v) is 2.27. The highest BCUT2D eigenvalue weighted by Gasteiger charge is 2.04. The summed E-state index contributed by atoms with van der Waals surface area (Å²) in [4.78, 5) is 18.4. The van der Waals surface area contributed by atoms with E-state index in [-0.39, 0.29) is 0 Å². The highest BCUT2D eigenvalue weighted by Crippen LogP contribution is 2.04. The number of rotatable bonds is 10. The third-order valence-electron chi connectivity index (χ3n) is 3.72. The van der Waals surface area contributed by atoms with Gasteiger partial charge in [0.1, 0.15) is 0 Å². The second-order valence-corrected chi connectivity index (χ2v) is 6.66. The number of aromatic nitrogens is 1. The van der Waals surface area contributed by atoms with Crippen LogP contribution >= 0.6 is 0 Å². The van der Waals surface area contributed by atoms with Gasteiger partial charge in [0.05, 0.1) is 22.8 Å². The molecule has 0 aliphatic carbocycles. The van der Waals surface area contributed by atoms with Crippen LogP contribution in [0.1, 0.15) is 38.1 Å². The molecule has 1 rings (SSSR count). The van der Waals surface area contributed by atoms with Crippen molar-refractivity contribution in [3.05, 3.63) is 29.6 Å². The summed E-state index contributed by atoms with van der Waals surface area (Å²) in [6.07, 6.45) is 2.13. The summed E-state index contributed by atoms with van der Waals surface area (Å²) in [7, 11) is 8.34. The maximum absolute atomic E-state index is 4.72. The van der Waals surface area contributed by atoms with Crippen LogP contribution in [0.25, 0.3) is 0 Å². The van der Waals surface area contributed by atoms with E-state index in [1.165, 1.54) is 0 Å². The molecule has 0 saturated carbocycles. The first kappa shape index (κ1) is 20.5. The van der Waals surface area contributed by atoms with E-state index in [0.29, 0.717) is 0 Å². The van der Waals surface area contributed by atoms with Gasteiger partial charge in [-0.2, -0.15) is 0 Å². The molecule has 1 aromatic rings. The van der Waals surface area contributed by atoms with Crippen LogP contribution in [0.4, 0.5) is 0 Å². The molecule has 0 amide bonds. The van der Waals surface area contributed by atoms with E-state index < -0.39 is 0 Å². The van der Waals surface area contributed by atoms with Gasteiger partial charge in [-0.15, -0.1) is 0 Å². The van der Waals surface area contributed by atoms with Gasteiger partial charge in [0, 0.05) is 13.1 Å². The summed E-state index contributed by atoms with van der Waals surface area (Å²) < 4.78 is 0. The van der Waals surface area contributed by atoms with Crippen molar-refractivity contribution in [2.75, 3.05) is 54.4 Å². The highest BCUT2D eigenvalue weighted by molar-refractivity contribution is 6.00. The van der Waals surface area contributed by atoms with E-state index in [1.54, 1.807) is 0 Å². The van der Waals surface area contributed by atoms with Crippen molar-refractivity contribution in [1.29, 1.82) is 0 Å². The van der Waals surface area contributed by atoms with Crippen LogP contribution < -0.4 is 0 Å². The Kier molecular flexibility index (Phi) is 9.42. The lowest BCUT2D eigenvalue weighted by atomic mass is 10.2. The molecule has 0 saturated heterocycles. The molecule has 24 heavy (non-hydrogen) atoms. The molecule has 0 unspecified atom stereocenters. The minimum absolute atomic E-state index is 0.841. The van der Waals surface area contributed by atoms with Crippen molar-refractivity contribution in [3.8, 4) is 0 Å². The first-order valence-electron chi connectivity index (χ1n) is 8.69. The van der Waals surface area contributed by atoms with Crippen LogP contribution in [0.3, 0.4) is 0 Å². The summed E-state index contributed by atoms with van der Waals surface area (Å²) in [6, 6.07) is 6.08. The Morgan fingerprint density at radius 3 is 1.62 bits per heavy atom. The van der Waals surface area contributed by atoms with E-state index in [0.717, 1.165) is 61.8 Å². The molecular formula is C19H33N5. The van der Waals surface area contributed by atoms with Crippen molar-refractivity contribution in [1.82, 2.24) is 14.8 Å². The molecule has 5 heteroatoms. The predicted molar refractivity (Wildman–Crippen MR) is 105 cm³/mol. The molecule has 0 aromatic carbocycles. The van der Waals surface area contributed by atoms with Crippen molar-refractivity contribution in [3.63, 3.8) is 0 Å². The molecule has 1 heterocycles. The molecule has 0 fully saturated rings. The number of nitrogens with zero attached hydrogens (tertiary/aromatic N) is 5. The van der Waals surface area contributed by atoms with Gasteiger partial charge in [0.15, 0.2) is 0 Å². The summed E-state index contributed by atoms with van der Waals surface area (Å²) >= 11 is 0. The van der Waals surface area contributed by atoms with Crippen molar-refractivity contribution >= 4 is 11.4 Å². The molecule has 0 radical (unpaired) electrons. The average Bonchev–Trinajstić information content (AvgIpc) is 2.55. The molecular weight excluding hydrogens is 298 g/mol. The fraction of sp³-hybridized carbons (Fsp3) is 0.632. The van der Waals surface area contributed by atoms with E-state index >= 15 is 0 Å². The highest BCUT2D eigenvalue weighted by atomic mass is 15.1. The van der Waals surface area contributed by atoms with Crippen LogP contribution in [-0.4, -0.2) is 80.6 Å². The smallest absolute Gasteiger partial charge is 0.0845 e. The van der Waals surface area contributed by atoms with Gasteiger partial charge in [-0.3, -0.25) is 9.98 Å². The zero-order chi connectivity index (χ0) is 17.9. The topological polar surface area (TPSA) is 44.1 Å². The first-order valence-corrected chi connectivity index (χ1v) is 8.69. The quantitative estimate of drug-likeness (QED) is 0.489. The normalized spacial score (nSPS) is 13.2. The maximum atomic E-state index is 4.72. The Morgan fingerprint density at radius 1 is 0.833 bits per heavy atom. The van der Waals surface area contributed by atoms with Crippen LogP contribution in [0.2, 0.25) is 0 Å². The lowest BCUT2D eigenvalue weighted by molar-refractivity contribution is 0.403. The Hall–Kier alpha value is -1.59. The van der Waals surface area contributed by atoms with Gasteiger partial charge in [-0.1, -0.05) is 6.07 Å². The second-order valence-electron chi connectivity index (χ2n) is 6.66. The van der Waals surface area contributed by atoms with Gasteiger partial charge in [0.25, 0.3) is 0 Å².